The third kappa shape index (κ3) is 3.55. The lowest BCUT2D eigenvalue weighted by atomic mass is 10.1. The largest absolute Gasteiger partial charge is 0.326 e. The van der Waals surface area contributed by atoms with Crippen LogP contribution in [0.15, 0.2) is 35.5 Å². The Hall–Kier alpha value is -1.39. The Kier molecular flexibility index (Phi) is 4.33. The lowest BCUT2D eigenvalue weighted by molar-refractivity contribution is 0.902. The Bertz CT molecular complexity index is 503. The molecule has 1 aromatic carbocycles. The quantitative estimate of drug-likeness (QED) is 0.677. The minimum absolute atomic E-state index is 0.591. The van der Waals surface area contributed by atoms with Crippen molar-refractivity contribution in [3.63, 3.8) is 0 Å². The summed E-state index contributed by atoms with van der Waals surface area (Å²) in [6.45, 7) is 4.58. The van der Waals surface area contributed by atoms with Gasteiger partial charge in [-0.1, -0.05) is 36.0 Å². The molecule has 2 rings (SSSR count). The van der Waals surface area contributed by atoms with Gasteiger partial charge in [-0.3, -0.25) is 0 Å². The molecular formula is C14H17N3S. The molecule has 0 atom stereocenters. The number of aromatic nitrogens is 2. The summed E-state index contributed by atoms with van der Waals surface area (Å²) in [5, 5.41) is 0.843. The van der Waals surface area contributed by atoms with E-state index in [1.807, 2.05) is 19.9 Å². The van der Waals surface area contributed by atoms with Crippen molar-refractivity contribution in [1.29, 1.82) is 0 Å². The number of nitrogens with two attached hydrogens (primary N) is 1. The Morgan fingerprint density at radius 3 is 2.11 bits per heavy atom. The summed E-state index contributed by atoms with van der Waals surface area (Å²) in [6, 6.07) is 10.3. The van der Waals surface area contributed by atoms with E-state index in [2.05, 4.69) is 34.2 Å². The molecule has 1 heterocycles. The molecule has 0 saturated heterocycles. The fourth-order valence-electron chi connectivity index (χ4n) is 1.68. The Balaban J connectivity index is 2.01. The van der Waals surface area contributed by atoms with Gasteiger partial charge in [0, 0.05) is 23.7 Å². The molecule has 2 N–H and O–H groups in total. The van der Waals surface area contributed by atoms with Crippen molar-refractivity contribution in [2.24, 2.45) is 5.73 Å². The maximum Gasteiger partial charge on any atom is 0.188 e. The molecule has 1 aromatic heterocycles. The number of rotatable bonds is 4. The molecule has 94 valence electrons. The van der Waals surface area contributed by atoms with Crippen LogP contribution in [-0.4, -0.2) is 9.97 Å². The molecule has 0 unspecified atom stereocenters. The van der Waals surface area contributed by atoms with Gasteiger partial charge in [0.2, 0.25) is 0 Å². The number of aryl methyl sites for hydroxylation is 2. The predicted octanol–water partition coefficient (Wildman–Crippen LogP) is 2.84. The average molecular weight is 259 g/mol. The highest BCUT2D eigenvalue weighted by Crippen LogP contribution is 2.20. The van der Waals surface area contributed by atoms with Crippen LogP contribution in [0.2, 0.25) is 0 Å². The van der Waals surface area contributed by atoms with Crippen molar-refractivity contribution in [2.45, 2.75) is 31.3 Å². The van der Waals surface area contributed by atoms with Gasteiger partial charge < -0.3 is 5.73 Å². The second kappa shape index (κ2) is 5.98. The zero-order valence-corrected chi connectivity index (χ0v) is 11.5. The number of benzene rings is 1. The molecule has 2 aromatic rings. The van der Waals surface area contributed by atoms with E-state index in [1.54, 1.807) is 11.8 Å². The maximum atomic E-state index is 5.57. The smallest absolute Gasteiger partial charge is 0.188 e. The zero-order valence-electron chi connectivity index (χ0n) is 10.7. The van der Waals surface area contributed by atoms with E-state index in [9.17, 15) is 0 Å². The average Bonchev–Trinajstić information content (AvgIpc) is 2.36. The van der Waals surface area contributed by atoms with Gasteiger partial charge in [-0.15, -0.1) is 0 Å². The summed E-state index contributed by atoms with van der Waals surface area (Å²) in [6.07, 6.45) is 0. The van der Waals surface area contributed by atoms with Crippen LogP contribution in [-0.2, 0) is 12.3 Å². The van der Waals surface area contributed by atoms with Crippen molar-refractivity contribution in [1.82, 2.24) is 9.97 Å². The zero-order chi connectivity index (χ0) is 13.0. The molecule has 18 heavy (non-hydrogen) atoms. The van der Waals surface area contributed by atoms with E-state index >= 15 is 0 Å². The third-order valence-corrected chi connectivity index (χ3v) is 3.51. The van der Waals surface area contributed by atoms with Crippen LogP contribution < -0.4 is 5.73 Å². The second-order valence-electron chi connectivity index (χ2n) is 4.24. The molecule has 0 bridgehead atoms. The van der Waals surface area contributed by atoms with Gasteiger partial charge in [-0.25, -0.2) is 9.97 Å². The summed E-state index contributed by atoms with van der Waals surface area (Å²) < 4.78 is 0. The lowest BCUT2D eigenvalue weighted by Crippen LogP contribution is -1.96. The van der Waals surface area contributed by atoms with Crippen molar-refractivity contribution < 1.29 is 0 Å². The molecule has 0 amide bonds. The first-order valence-corrected chi connectivity index (χ1v) is 6.89. The van der Waals surface area contributed by atoms with Crippen molar-refractivity contribution >= 4 is 11.8 Å². The summed E-state index contributed by atoms with van der Waals surface area (Å²) in [4.78, 5) is 8.83. The highest BCUT2D eigenvalue weighted by Gasteiger charge is 2.01. The first kappa shape index (κ1) is 13.1. The highest BCUT2D eigenvalue weighted by atomic mass is 32.2. The molecule has 0 radical (unpaired) electrons. The van der Waals surface area contributed by atoms with Crippen LogP contribution in [0, 0.1) is 13.8 Å². The van der Waals surface area contributed by atoms with Crippen molar-refractivity contribution in [2.75, 3.05) is 0 Å². The predicted molar refractivity (Wildman–Crippen MR) is 75.4 cm³/mol. The summed E-state index contributed by atoms with van der Waals surface area (Å²) in [5.41, 5.74) is 10.0. The van der Waals surface area contributed by atoms with E-state index in [-0.39, 0.29) is 0 Å². The Morgan fingerprint density at radius 1 is 1.00 bits per heavy atom. The van der Waals surface area contributed by atoms with E-state index in [1.165, 1.54) is 5.56 Å². The van der Waals surface area contributed by atoms with E-state index in [0.29, 0.717) is 6.54 Å². The first-order valence-electron chi connectivity index (χ1n) is 5.90. The molecule has 0 spiro atoms. The monoisotopic (exact) mass is 259 g/mol. The van der Waals surface area contributed by atoms with E-state index < -0.39 is 0 Å². The maximum absolute atomic E-state index is 5.57. The van der Waals surface area contributed by atoms with E-state index in [0.717, 1.165) is 27.9 Å². The Labute approximate surface area is 112 Å². The molecule has 0 aliphatic rings. The highest BCUT2D eigenvalue weighted by molar-refractivity contribution is 7.98. The minimum atomic E-state index is 0.591. The molecule has 0 saturated carbocycles. The fraction of sp³-hybridized carbons (Fsp3) is 0.286. The standard InChI is InChI=1S/C14H17N3S/c1-10-7-11(2)17-14(16-10)18-9-13-5-3-12(8-15)4-6-13/h3-7H,8-9,15H2,1-2H3. The molecular weight excluding hydrogens is 242 g/mol. The van der Waals surface area contributed by atoms with Gasteiger partial charge >= 0.3 is 0 Å². The van der Waals surface area contributed by atoms with Crippen molar-refractivity contribution in [3.8, 4) is 0 Å². The summed E-state index contributed by atoms with van der Waals surface area (Å²) >= 11 is 1.66. The number of hydrogen-bond donors (Lipinski definition) is 1. The molecule has 0 fully saturated rings. The van der Waals surface area contributed by atoms with Gasteiger partial charge in [0.05, 0.1) is 0 Å². The van der Waals surface area contributed by atoms with E-state index in [4.69, 9.17) is 5.73 Å². The SMILES string of the molecule is Cc1cc(C)nc(SCc2ccc(CN)cc2)n1. The van der Waals surface area contributed by atoms with Crippen LogP contribution in [0.1, 0.15) is 22.5 Å². The van der Waals surface area contributed by atoms with Gasteiger partial charge in [0.1, 0.15) is 0 Å². The normalized spacial score (nSPS) is 10.6. The number of nitrogens with zero attached hydrogens (tertiary/aromatic N) is 2. The minimum Gasteiger partial charge on any atom is -0.326 e. The van der Waals surface area contributed by atoms with Crippen LogP contribution in [0.3, 0.4) is 0 Å². The van der Waals surface area contributed by atoms with Crippen molar-refractivity contribution in [3.05, 3.63) is 52.8 Å². The molecule has 0 aliphatic carbocycles. The van der Waals surface area contributed by atoms with Crippen LogP contribution in [0.25, 0.3) is 0 Å². The van der Waals surface area contributed by atoms with Gasteiger partial charge in [0.25, 0.3) is 0 Å². The van der Waals surface area contributed by atoms with Gasteiger partial charge in [-0.05, 0) is 31.0 Å². The summed E-state index contributed by atoms with van der Waals surface area (Å²) in [7, 11) is 0. The van der Waals surface area contributed by atoms with Crippen LogP contribution >= 0.6 is 11.8 Å². The lowest BCUT2D eigenvalue weighted by Gasteiger charge is -2.04. The molecule has 3 nitrogen and oxygen atoms in total. The number of hydrogen-bond acceptors (Lipinski definition) is 4. The van der Waals surface area contributed by atoms with Gasteiger partial charge in [0.15, 0.2) is 5.16 Å². The summed E-state index contributed by atoms with van der Waals surface area (Å²) in [5.74, 6) is 0.883. The second-order valence-corrected chi connectivity index (χ2v) is 5.19. The molecule has 4 heteroatoms. The van der Waals surface area contributed by atoms with Crippen LogP contribution in [0.4, 0.5) is 0 Å². The topological polar surface area (TPSA) is 51.8 Å². The molecule has 0 aliphatic heterocycles. The first-order chi connectivity index (χ1) is 8.67. The Morgan fingerprint density at radius 2 is 1.56 bits per heavy atom. The fourth-order valence-corrected chi connectivity index (χ4v) is 2.58. The number of thioether (sulfide) groups is 1. The van der Waals surface area contributed by atoms with Crippen LogP contribution in [0.5, 0.6) is 0 Å². The third-order valence-electron chi connectivity index (χ3n) is 2.59. The van der Waals surface area contributed by atoms with Gasteiger partial charge in [-0.2, -0.15) is 0 Å².